The van der Waals surface area contributed by atoms with Gasteiger partial charge in [0.1, 0.15) is 0 Å². The smallest absolute Gasteiger partial charge is 0.354 e. The molecule has 0 saturated carbocycles. The zero-order chi connectivity index (χ0) is 14.8. The van der Waals surface area contributed by atoms with Crippen molar-refractivity contribution < 1.29 is 13.2 Å². The third-order valence-electron chi connectivity index (χ3n) is 2.40. The third kappa shape index (κ3) is 3.49. The molecular weight excluding hydrogens is 355 g/mol. The highest BCUT2D eigenvalue weighted by Gasteiger charge is 2.34. The monoisotopic (exact) mass is 365 g/mol. The summed E-state index contributed by atoms with van der Waals surface area (Å²) in [4.78, 5) is 8.32. The van der Waals surface area contributed by atoms with Gasteiger partial charge in [0.05, 0.1) is 10.6 Å². The van der Waals surface area contributed by atoms with E-state index in [1.165, 1.54) is 11.3 Å². The molecule has 3 nitrogen and oxygen atoms in total. The van der Waals surface area contributed by atoms with E-state index in [9.17, 15) is 13.2 Å². The first-order valence-corrected chi connectivity index (χ1v) is 7.52. The molecule has 8 heteroatoms. The molecule has 2 heterocycles. The van der Waals surface area contributed by atoms with Crippen molar-refractivity contribution in [3.05, 3.63) is 27.7 Å². The number of nitrogens with zero attached hydrogens (tertiary/aromatic N) is 2. The van der Waals surface area contributed by atoms with Crippen LogP contribution in [0.25, 0.3) is 10.6 Å². The summed E-state index contributed by atoms with van der Waals surface area (Å²) in [5.41, 5.74) is -0.686. The summed E-state index contributed by atoms with van der Waals surface area (Å²) in [7, 11) is 0. The molecule has 0 aliphatic heterocycles. The zero-order valence-electron chi connectivity index (χ0n) is 10.5. The lowest BCUT2D eigenvalue weighted by Gasteiger charge is -2.11. The van der Waals surface area contributed by atoms with Gasteiger partial charge in [-0.1, -0.05) is 6.92 Å². The number of hydrogen-bond acceptors (Lipinski definition) is 4. The Bertz CT molecular complexity index is 598. The van der Waals surface area contributed by atoms with Crippen molar-refractivity contribution in [2.75, 3.05) is 11.9 Å². The van der Waals surface area contributed by atoms with E-state index < -0.39 is 11.9 Å². The number of rotatable bonds is 4. The van der Waals surface area contributed by atoms with Crippen LogP contribution in [-0.2, 0) is 6.18 Å². The second-order valence-corrected chi connectivity index (χ2v) is 5.75. The van der Waals surface area contributed by atoms with Crippen LogP contribution in [0.3, 0.4) is 0 Å². The van der Waals surface area contributed by atoms with Crippen molar-refractivity contribution in [3.63, 3.8) is 0 Å². The van der Waals surface area contributed by atoms with E-state index in [2.05, 4.69) is 31.2 Å². The fourth-order valence-corrected chi connectivity index (χ4v) is 3.04. The number of anilines is 1. The van der Waals surface area contributed by atoms with Crippen LogP contribution < -0.4 is 5.32 Å². The first-order chi connectivity index (χ1) is 9.41. The number of halogens is 4. The Morgan fingerprint density at radius 1 is 1.35 bits per heavy atom. The van der Waals surface area contributed by atoms with Gasteiger partial charge in [0.15, 0.2) is 5.69 Å². The van der Waals surface area contributed by atoms with Crippen LogP contribution >= 0.6 is 27.3 Å². The van der Waals surface area contributed by atoms with Crippen LogP contribution in [0.1, 0.15) is 19.0 Å². The number of hydrogen-bond donors (Lipinski definition) is 1. The largest absolute Gasteiger partial charge is 0.433 e. The Hall–Kier alpha value is -1.15. The predicted octanol–water partition coefficient (Wildman–Crippen LogP) is 4.81. The van der Waals surface area contributed by atoms with E-state index in [0.717, 1.165) is 17.0 Å². The lowest BCUT2D eigenvalue weighted by molar-refractivity contribution is -0.141. The molecule has 2 aromatic heterocycles. The number of thiophene rings is 1. The summed E-state index contributed by atoms with van der Waals surface area (Å²) in [6.07, 6.45) is -3.72. The Morgan fingerprint density at radius 2 is 2.10 bits per heavy atom. The minimum Gasteiger partial charge on any atom is -0.354 e. The molecule has 0 saturated heterocycles. The van der Waals surface area contributed by atoms with Crippen LogP contribution in [0.2, 0.25) is 0 Å². The maximum absolute atomic E-state index is 12.9. The Kier molecular flexibility index (Phi) is 4.64. The minimum absolute atomic E-state index is 0.00280. The van der Waals surface area contributed by atoms with Crippen LogP contribution in [0.4, 0.5) is 19.1 Å². The van der Waals surface area contributed by atoms with Gasteiger partial charge in [-0.3, -0.25) is 0 Å². The van der Waals surface area contributed by atoms with Gasteiger partial charge >= 0.3 is 6.18 Å². The summed E-state index contributed by atoms with van der Waals surface area (Å²) in [6, 6.07) is 2.74. The Morgan fingerprint density at radius 3 is 2.65 bits per heavy atom. The van der Waals surface area contributed by atoms with Gasteiger partial charge in [-0.2, -0.15) is 13.2 Å². The number of aromatic nitrogens is 2. The van der Waals surface area contributed by atoms with Crippen molar-refractivity contribution in [1.82, 2.24) is 9.97 Å². The number of nitrogens with one attached hydrogen (secondary N) is 1. The molecule has 0 aliphatic carbocycles. The molecule has 2 aromatic rings. The normalized spacial score (nSPS) is 11.7. The molecule has 20 heavy (non-hydrogen) atoms. The minimum atomic E-state index is -4.50. The highest BCUT2D eigenvalue weighted by Crippen LogP contribution is 2.36. The van der Waals surface area contributed by atoms with Gasteiger partial charge in [0, 0.05) is 11.0 Å². The first-order valence-electron chi connectivity index (χ1n) is 5.85. The topological polar surface area (TPSA) is 37.8 Å². The fourth-order valence-electron chi connectivity index (χ4n) is 1.50. The summed E-state index contributed by atoms with van der Waals surface area (Å²) in [5, 5.41) is 4.58. The summed E-state index contributed by atoms with van der Waals surface area (Å²) in [5.74, 6) is -0.00280. The van der Waals surface area contributed by atoms with E-state index in [-0.39, 0.29) is 11.6 Å². The van der Waals surface area contributed by atoms with Crippen LogP contribution in [-0.4, -0.2) is 16.5 Å². The Labute approximate surface area is 126 Å². The zero-order valence-corrected chi connectivity index (χ0v) is 12.9. The molecule has 0 bridgehead atoms. The summed E-state index contributed by atoms with van der Waals surface area (Å²) < 4.78 is 39.4. The molecule has 2 rings (SSSR count). The molecule has 0 aliphatic rings. The molecule has 0 fully saturated rings. The highest BCUT2D eigenvalue weighted by atomic mass is 79.9. The lowest BCUT2D eigenvalue weighted by Crippen LogP contribution is -2.13. The van der Waals surface area contributed by atoms with Crippen LogP contribution in [0.15, 0.2) is 22.0 Å². The van der Waals surface area contributed by atoms with Crippen LogP contribution in [0, 0.1) is 0 Å². The van der Waals surface area contributed by atoms with E-state index >= 15 is 0 Å². The van der Waals surface area contributed by atoms with E-state index in [0.29, 0.717) is 11.4 Å². The lowest BCUT2D eigenvalue weighted by atomic mass is 10.2. The molecule has 0 radical (unpaired) electrons. The van der Waals surface area contributed by atoms with Gasteiger partial charge in [-0.15, -0.1) is 11.3 Å². The molecule has 0 atom stereocenters. The predicted molar refractivity (Wildman–Crippen MR) is 76.8 cm³/mol. The van der Waals surface area contributed by atoms with Gasteiger partial charge in [0.25, 0.3) is 0 Å². The molecule has 0 unspecified atom stereocenters. The van der Waals surface area contributed by atoms with E-state index in [4.69, 9.17) is 0 Å². The summed E-state index contributed by atoms with van der Waals surface area (Å²) >= 11 is 4.63. The quantitative estimate of drug-likeness (QED) is 0.844. The third-order valence-corrected chi connectivity index (χ3v) is 4.26. The maximum atomic E-state index is 12.9. The fraction of sp³-hybridized carbons (Fsp3) is 0.333. The van der Waals surface area contributed by atoms with Gasteiger partial charge in [-0.25, -0.2) is 9.97 Å². The first kappa shape index (κ1) is 15.2. The van der Waals surface area contributed by atoms with Crippen LogP contribution in [0.5, 0.6) is 0 Å². The number of alkyl halides is 3. The van der Waals surface area contributed by atoms with Crippen molar-refractivity contribution >= 4 is 33.2 Å². The second kappa shape index (κ2) is 6.09. The molecule has 0 aromatic carbocycles. The molecule has 0 spiro atoms. The second-order valence-electron chi connectivity index (χ2n) is 3.98. The SMILES string of the molecule is CCCNc1nc(-c2sccc2Br)cc(C(F)(F)F)n1. The van der Waals surface area contributed by atoms with E-state index in [1.54, 1.807) is 11.4 Å². The van der Waals surface area contributed by atoms with E-state index in [1.807, 2.05) is 6.92 Å². The van der Waals surface area contributed by atoms with Crippen molar-refractivity contribution in [2.45, 2.75) is 19.5 Å². The van der Waals surface area contributed by atoms with Gasteiger partial charge in [0.2, 0.25) is 5.95 Å². The average Bonchev–Trinajstić information content (AvgIpc) is 2.81. The maximum Gasteiger partial charge on any atom is 0.433 e. The highest BCUT2D eigenvalue weighted by molar-refractivity contribution is 9.10. The van der Waals surface area contributed by atoms with Gasteiger partial charge < -0.3 is 5.32 Å². The van der Waals surface area contributed by atoms with Crippen molar-refractivity contribution in [2.24, 2.45) is 0 Å². The molecular formula is C12H11BrF3N3S. The van der Waals surface area contributed by atoms with Crippen molar-refractivity contribution in [3.8, 4) is 10.6 Å². The molecule has 1 N–H and O–H groups in total. The average molecular weight is 366 g/mol. The molecule has 108 valence electrons. The summed E-state index contributed by atoms with van der Waals surface area (Å²) in [6.45, 7) is 2.43. The van der Waals surface area contributed by atoms with Crippen molar-refractivity contribution in [1.29, 1.82) is 0 Å². The standard InChI is InChI=1S/C12H11BrF3N3S/c1-2-4-17-11-18-8(10-7(13)3-5-20-10)6-9(19-11)12(14,15)16/h3,5-6H,2,4H2,1H3,(H,17,18,19). The molecule has 0 amide bonds. The Balaban J connectivity index is 2.48. The van der Waals surface area contributed by atoms with Gasteiger partial charge in [-0.05, 0) is 39.9 Å².